The molecule has 1 heterocycles. The standard InChI is InChI=1S/C23H27N3O4S/c1-15-10-11-20(16(2)14-15)29-12-7-13-30-21-9-6-5-8-19(21)22-26(18(4)28)25-23(31-22)24-17(3)27/h5-6,8-11,14,22H,7,12-13H2,1-4H3,(H,24,25,27). The van der Waals surface area contributed by atoms with Crippen molar-refractivity contribution >= 4 is 28.7 Å². The maximum atomic E-state index is 12.1. The molecule has 0 aromatic heterocycles. The van der Waals surface area contributed by atoms with Gasteiger partial charge in [0.2, 0.25) is 11.8 Å². The molecule has 1 N–H and O–H groups in total. The van der Waals surface area contributed by atoms with E-state index in [9.17, 15) is 9.59 Å². The van der Waals surface area contributed by atoms with E-state index in [1.54, 1.807) is 0 Å². The second-order valence-electron chi connectivity index (χ2n) is 7.28. The van der Waals surface area contributed by atoms with Crippen LogP contribution < -0.4 is 14.8 Å². The third-order valence-electron chi connectivity index (χ3n) is 4.57. The third-order valence-corrected chi connectivity index (χ3v) is 5.65. The van der Waals surface area contributed by atoms with E-state index < -0.39 is 5.37 Å². The van der Waals surface area contributed by atoms with E-state index in [0.29, 0.717) is 30.6 Å². The second kappa shape index (κ2) is 10.3. The number of ether oxygens (including phenoxy) is 2. The lowest BCUT2D eigenvalue weighted by atomic mass is 10.1. The van der Waals surface area contributed by atoms with Crippen LogP contribution in [0.3, 0.4) is 0 Å². The lowest BCUT2D eigenvalue weighted by Crippen LogP contribution is -2.25. The Bertz CT molecular complexity index is 993. The summed E-state index contributed by atoms with van der Waals surface area (Å²) in [5.74, 6) is 1.11. The summed E-state index contributed by atoms with van der Waals surface area (Å²) in [7, 11) is 0. The first-order valence-electron chi connectivity index (χ1n) is 10.1. The third kappa shape index (κ3) is 6.01. The van der Waals surface area contributed by atoms with Gasteiger partial charge in [0.1, 0.15) is 16.9 Å². The van der Waals surface area contributed by atoms with Crippen LogP contribution in [-0.4, -0.2) is 35.2 Å². The van der Waals surface area contributed by atoms with Gasteiger partial charge in [-0.3, -0.25) is 9.59 Å². The lowest BCUT2D eigenvalue weighted by molar-refractivity contribution is -0.129. The zero-order valence-electron chi connectivity index (χ0n) is 18.2. The molecular formula is C23H27N3O4S. The molecule has 8 heteroatoms. The van der Waals surface area contributed by atoms with E-state index in [2.05, 4.69) is 23.4 Å². The predicted octanol–water partition coefficient (Wildman–Crippen LogP) is 4.15. The molecule has 0 saturated heterocycles. The maximum absolute atomic E-state index is 12.1. The highest BCUT2D eigenvalue weighted by Crippen LogP contribution is 2.42. The average Bonchev–Trinajstić information content (AvgIpc) is 3.12. The van der Waals surface area contributed by atoms with Gasteiger partial charge in [0, 0.05) is 25.8 Å². The number of nitrogens with one attached hydrogen (secondary N) is 1. The summed E-state index contributed by atoms with van der Waals surface area (Å²) in [5, 5.41) is 8.25. The Labute approximate surface area is 186 Å². The van der Waals surface area contributed by atoms with Gasteiger partial charge in [-0.05, 0) is 31.5 Å². The van der Waals surface area contributed by atoms with Crippen molar-refractivity contribution in [2.75, 3.05) is 13.2 Å². The van der Waals surface area contributed by atoms with E-state index in [1.165, 1.54) is 36.2 Å². The minimum Gasteiger partial charge on any atom is -0.493 e. The number of amidine groups is 1. The highest BCUT2D eigenvalue weighted by Gasteiger charge is 2.34. The van der Waals surface area contributed by atoms with Crippen molar-refractivity contribution < 1.29 is 19.1 Å². The fourth-order valence-electron chi connectivity index (χ4n) is 3.17. The molecule has 0 spiro atoms. The number of thioether (sulfide) groups is 1. The Balaban J connectivity index is 1.60. The number of nitrogens with zero attached hydrogens (tertiary/aromatic N) is 2. The molecule has 1 aliphatic heterocycles. The van der Waals surface area contributed by atoms with Crippen LogP contribution in [-0.2, 0) is 9.59 Å². The minimum absolute atomic E-state index is 0.213. The van der Waals surface area contributed by atoms with Crippen molar-refractivity contribution in [2.45, 2.75) is 39.5 Å². The van der Waals surface area contributed by atoms with Gasteiger partial charge in [0.05, 0.1) is 13.2 Å². The normalized spacial score (nSPS) is 15.4. The molecule has 0 saturated carbocycles. The molecule has 1 atom stereocenters. The molecule has 2 amide bonds. The predicted molar refractivity (Wildman–Crippen MR) is 122 cm³/mol. The molecule has 0 bridgehead atoms. The maximum Gasteiger partial charge on any atom is 0.241 e. The number of hydrogen-bond acceptors (Lipinski definition) is 6. The SMILES string of the molecule is CC(=O)NC1=NN(C(C)=O)C(c2ccccc2OCCCOc2ccc(C)cc2C)S1. The van der Waals surface area contributed by atoms with E-state index in [0.717, 1.165) is 16.9 Å². The number of amides is 2. The largest absolute Gasteiger partial charge is 0.493 e. The Kier molecular flexibility index (Phi) is 7.57. The summed E-state index contributed by atoms with van der Waals surface area (Å²) < 4.78 is 11.9. The van der Waals surface area contributed by atoms with Crippen LogP contribution in [0.2, 0.25) is 0 Å². The Morgan fingerprint density at radius 1 is 1.06 bits per heavy atom. The molecule has 1 aliphatic rings. The minimum atomic E-state index is -0.401. The molecule has 7 nitrogen and oxygen atoms in total. The Morgan fingerprint density at radius 3 is 2.45 bits per heavy atom. The summed E-state index contributed by atoms with van der Waals surface area (Å²) in [4.78, 5) is 23.5. The van der Waals surface area contributed by atoms with Gasteiger partial charge < -0.3 is 14.8 Å². The highest BCUT2D eigenvalue weighted by molar-refractivity contribution is 8.14. The number of benzene rings is 2. The number of hydrazone groups is 1. The van der Waals surface area contributed by atoms with Crippen LogP contribution >= 0.6 is 11.8 Å². The van der Waals surface area contributed by atoms with Gasteiger partial charge >= 0.3 is 0 Å². The van der Waals surface area contributed by atoms with Gasteiger partial charge in [-0.2, -0.15) is 0 Å². The molecule has 0 radical (unpaired) electrons. The molecule has 31 heavy (non-hydrogen) atoms. The number of para-hydroxylation sites is 1. The highest BCUT2D eigenvalue weighted by atomic mass is 32.2. The zero-order chi connectivity index (χ0) is 22.4. The summed E-state index contributed by atoms with van der Waals surface area (Å²) >= 11 is 1.30. The van der Waals surface area contributed by atoms with Crippen LogP contribution in [0.25, 0.3) is 0 Å². The quantitative estimate of drug-likeness (QED) is 0.653. The molecule has 0 aliphatic carbocycles. The molecule has 2 aromatic rings. The van der Waals surface area contributed by atoms with Crippen molar-refractivity contribution in [3.8, 4) is 11.5 Å². The van der Waals surface area contributed by atoms with Crippen LogP contribution in [0.5, 0.6) is 11.5 Å². The molecule has 3 rings (SSSR count). The first-order chi connectivity index (χ1) is 14.8. The van der Waals surface area contributed by atoms with Crippen molar-refractivity contribution in [3.05, 3.63) is 59.2 Å². The molecule has 164 valence electrons. The molecule has 2 aromatic carbocycles. The number of carbonyl (C=O) groups excluding carboxylic acids is 2. The first-order valence-corrected chi connectivity index (χ1v) is 11.0. The van der Waals surface area contributed by atoms with Gasteiger partial charge in [-0.15, -0.1) is 5.10 Å². The number of carbonyl (C=O) groups is 2. The van der Waals surface area contributed by atoms with Crippen molar-refractivity contribution in [2.24, 2.45) is 5.10 Å². The van der Waals surface area contributed by atoms with Crippen molar-refractivity contribution in [1.29, 1.82) is 0 Å². The fourth-order valence-corrected chi connectivity index (χ4v) is 4.33. The first kappa shape index (κ1) is 22.7. The Morgan fingerprint density at radius 2 is 1.77 bits per heavy atom. The monoisotopic (exact) mass is 441 g/mol. The van der Waals surface area contributed by atoms with E-state index >= 15 is 0 Å². The number of rotatable bonds is 7. The molecular weight excluding hydrogens is 414 g/mol. The van der Waals surface area contributed by atoms with Gasteiger partial charge in [0.25, 0.3) is 0 Å². The van der Waals surface area contributed by atoms with E-state index in [1.807, 2.05) is 43.3 Å². The van der Waals surface area contributed by atoms with E-state index in [4.69, 9.17) is 9.47 Å². The average molecular weight is 442 g/mol. The van der Waals surface area contributed by atoms with Crippen LogP contribution in [0.15, 0.2) is 47.6 Å². The molecule has 1 unspecified atom stereocenters. The van der Waals surface area contributed by atoms with Crippen LogP contribution in [0.1, 0.15) is 42.3 Å². The fraction of sp³-hybridized carbons (Fsp3) is 0.348. The topological polar surface area (TPSA) is 80.2 Å². The number of aryl methyl sites for hydroxylation is 2. The van der Waals surface area contributed by atoms with Gasteiger partial charge in [-0.1, -0.05) is 47.7 Å². The summed E-state index contributed by atoms with van der Waals surface area (Å²) in [5.41, 5.74) is 3.14. The zero-order valence-corrected chi connectivity index (χ0v) is 19.0. The summed E-state index contributed by atoms with van der Waals surface area (Å²) in [6, 6.07) is 13.7. The second-order valence-corrected chi connectivity index (χ2v) is 8.35. The van der Waals surface area contributed by atoms with Crippen LogP contribution in [0.4, 0.5) is 0 Å². The van der Waals surface area contributed by atoms with Crippen molar-refractivity contribution in [1.82, 2.24) is 10.3 Å². The van der Waals surface area contributed by atoms with E-state index in [-0.39, 0.29) is 11.8 Å². The Hall–Kier alpha value is -3.00. The van der Waals surface area contributed by atoms with Crippen LogP contribution in [0, 0.1) is 13.8 Å². The molecule has 0 fully saturated rings. The summed E-state index contributed by atoms with van der Waals surface area (Å²) in [6.45, 7) is 7.96. The van der Waals surface area contributed by atoms with Crippen molar-refractivity contribution in [3.63, 3.8) is 0 Å². The summed E-state index contributed by atoms with van der Waals surface area (Å²) in [6.07, 6.45) is 0.712. The smallest absolute Gasteiger partial charge is 0.241 e. The lowest BCUT2D eigenvalue weighted by Gasteiger charge is -2.21. The van der Waals surface area contributed by atoms with Gasteiger partial charge in [0.15, 0.2) is 5.17 Å². The van der Waals surface area contributed by atoms with Gasteiger partial charge in [-0.25, -0.2) is 5.01 Å². The number of hydrogen-bond donors (Lipinski definition) is 1.